The molecule has 0 aromatic heterocycles. The van der Waals surface area contributed by atoms with E-state index in [1.165, 1.54) is 5.56 Å². The Labute approximate surface area is 209 Å². The zero-order valence-electron chi connectivity index (χ0n) is 19.4. The van der Waals surface area contributed by atoms with Gasteiger partial charge in [-0.05, 0) is 43.0 Å². The van der Waals surface area contributed by atoms with Gasteiger partial charge in [0.15, 0.2) is 5.96 Å². The van der Waals surface area contributed by atoms with E-state index in [1.807, 2.05) is 0 Å². The van der Waals surface area contributed by atoms with Crippen molar-refractivity contribution in [2.75, 3.05) is 33.5 Å². The number of rotatable bonds is 10. The van der Waals surface area contributed by atoms with Crippen LogP contribution in [-0.4, -0.2) is 39.4 Å². The third-order valence-corrected chi connectivity index (χ3v) is 5.27. The maximum absolute atomic E-state index is 6.16. The lowest BCUT2D eigenvalue weighted by atomic mass is 10.1. The van der Waals surface area contributed by atoms with E-state index < -0.39 is 0 Å². The van der Waals surface area contributed by atoms with Crippen molar-refractivity contribution < 1.29 is 14.2 Å². The predicted molar refractivity (Wildman–Crippen MR) is 140 cm³/mol. The Bertz CT molecular complexity index is 837. The first-order valence-corrected chi connectivity index (χ1v) is 11.1. The summed E-state index contributed by atoms with van der Waals surface area (Å²) >= 11 is 0. The zero-order chi connectivity index (χ0) is 21.9. The van der Waals surface area contributed by atoms with E-state index in [1.54, 1.807) is 7.11 Å². The minimum atomic E-state index is 0. The molecule has 0 saturated carbocycles. The summed E-state index contributed by atoms with van der Waals surface area (Å²) in [5, 5.41) is 6.76. The van der Waals surface area contributed by atoms with Crippen LogP contribution in [0.1, 0.15) is 35.6 Å². The molecule has 1 aliphatic rings. The summed E-state index contributed by atoms with van der Waals surface area (Å²) in [6, 6.07) is 14.7. The highest BCUT2D eigenvalue weighted by atomic mass is 127. The maximum atomic E-state index is 6.16. The third kappa shape index (κ3) is 8.60. The molecule has 1 heterocycles. The van der Waals surface area contributed by atoms with Gasteiger partial charge < -0.3 is 24.8 Å². The molecule has 6 nitrogen and oxygen atoms in total. The van der Waals surface area contributed by atoms with Crippen LogP contribution in [-0.2, 0) is 29.2 Å². The number of halogens is 1. The van der Waals surface area contributed by atoms with Gasteiger partial charge in [0, 0.05) is 38.3 Å². The monoisotopic (exact) mass is 553 g/mol. The number of hydrogen-bond acceptors (Lipinski definition) is 4. The van der Waals surface area contributed by atoms with Crippen LogP contribution in [0.4, 0.5) is 0 Å². The molecular weight excluding hydrogens is 517 g/mol. The Morgan fingerprint density at radius 2 is 1.91 bits per heavy atom. The van der Waals surface area contributed by atoms with Gasteiger partial charge >= 0.3 is 0 Å². The summed E-state index contributed by atoms with van der Waals surface area (Å²) in [7, 11) is 1.71. The number of nitrogens with zero attached hydrogens (tertiary/aromatic N) is 1. The van der Waals surface area contributed by atoms with Crippen molar-refractivity contribution in [1.82, 2.24) is 10.6 Å². The van der Waals surface area contributed by atoms with Gasteiger partial charge in [-0.3, -0.25) is 0 Å². The lowest BCUT2D eigenvalue weighted by Gasteiger charge is -2.17. The standard InChI is InChI=1S/C25H35N3O3.HI/c1-4-26-25(27-14-20-6-8-21(9-7-20)16-29-3)28-15-23-10-5-19(2)13-24(23)31-18-22-11-12-30-17-22;/h5-10,13,22H,4,11-12,14-18H2,1-3H3,(H2,26,27,28);1H. The Morgan fingerprint density at radius 3 is 2.59 bits per heavy atom. The molecular formula is C25H36IN3O3. The number of benzene rings is 2. The minimum absolute atomic E-state index is 0. The smallest absolute Gasteiger partial charge is 0.191 e. The molecule has 2 aromatic rings. The van der Waals surface area contributed by atoms with Gasteiger partial charge in [-0.25, -0.2) is 4.99 Å². The van der Waals surface area contributed by atoms with E-state index in [2.05, 4.69) is 66.9 Å². The molecule has 0 amide bonds. The second-order valence-electron chi connectivity index (χ2n) is 7.95. The van der Waals surface area contributed by atoms with Crippen LogP contribution >= 0.6 is 24.0 Å². The molecule has 32 heavy (non-hydrogen) atoms. The van der Waals surface area contributed by atoms with Crippen molar-refractivity contribution >= 4 is 29.9 Å². The normalized spacial score (nSPS) is 15.8. The molecule has 1 saturated heterocycles. The Kier molecular flexibility index (Phi) is 11.8. The largest absolute Gasteiger partial charge is 0.493 e. The Morgan fingerprint density at radius 1 is 1.12 bits per heavy atom. The van der Waals surface area contributed by atoms with E-state index in [9.17, 15) is 0 Å². The second-order valence-corrected chi connectivity index (χ2v) is 7.95. The Hall–Kier alpha value is -1.84. The summed E-state index contributed by atoms with van der Waals surface area (Å²) < 4.78 is 16.8. The van der Waals surface area contributed by atoms with Gasteiger partial charge in [-0.1, -0.05) is 36.4 Å². The molecule has 1 unspecified atom stereocenters. The van der Waals surface area contributed by atoms with E-state index in [-0.39, 0.29) is 24.0 Å². The van der Waals surface area contributed by atoms with Gasteiger partial charge in [0.05, 0.1) is 26.4 Å². The molecule has 2 N–H and O–H groups in total. The van der Waals surface area contributed by atoms with Crippen LogP contribution < -0.4 is 15.4 Å². The summed E-state index contributed by atoms with van der Waals surface area (Å²) in [5.74, 6) is 2.21. The first-order valence-electron chi connectivity index (χ1n) is 11.1. The van der Waals surface area contributed by atoms with Gasteiger partial charge in [-0.2, -0.15) is 0 Å². The highest BCUT2D eigenvalue weighted by Gasteiger charge is 2.17. The average Bonchev–Trinajstić information content (AvgIpc) is 3.30. The number of aryl methyl sites for hydroxylation is 1. The third-order valence-electron chi connectivity index (χ3n) is 5.27. The first-order chi connectivity index (χ1) is 15.2. The zero-order valence-corrected chi connectivity index (χ0v) is 21.7. The van der Waals surface area contributed by atoms with E-state index in [0.717, 1.165) is 54.6 Å². The lowest BCUT2D eigenvalue weighted by molar-refractivity contribution is 0.166. The maximum Gasteiger partial charge on any atom is 0.191 e. The van der Waals surface area contributed by atoms with E-state index in [0.29, 0.717) is 32.2 Å². The van der Waals surface area contributed by atoms with Gasteiger partial charge in [0.2, 0.25) is 0 Å². The first kappa shape index (κ1) is 26.4. The topological polar surface area (TPSA) is 64.1 Å². The van der Waals surface area contributed by atoms with Crippen LogP contribution in [0.25, 0.3) is 0 Å². The van der Waals surface area contributed by atoms with Crippen molar-refractivity contribution in [1.29, 1.82) is 0 Å². The number of hydrogen-bond donors (Lipinski definition) is 2. The molecule has 3 rings (SSSR count). The fourth-order valence-corrected chi connectivity index (χ4v) is 3.46. The van der Waals surface area contributed by atoms with Crippen LogP contribution in [0.3, 0.4) is 0 Å². The van der Waals surface area contributed by atoms with Crippen LogP contribution in [0.2, 0.25) is 0 Å². The molecule has 0 spiro atoms. The predicted octanol–water partition coefficient (Wildman–Crippen LogP) is 4.43. The molecule has 2 aromatic carbocycles. The average molecular weight is 553 g/mol. The van der Waals surface area contributed by atoms with Crippen molar-refractivity contribution in [3.8, 4) is 5.75 Å². The van der Waals surface area contributed by atoms with Crippen molar-refractivity contribution in [2.45, 2.75) is 40.0 Å². The quantitative estimate of drug-likeness (QED) is 0.259. The fraction of sp³-hybridized carbons (Fsp3) is 0.480. The summed E-state index contributed by atoms with van der Waals surface area (Å²) in [6.07, 6.45) is 1.07. The van der Waals surface area contributed by atoms with Gasteiger partial charge in [0.25, 0.3) is 0 Å². The summed E-state index contributed by atoms with van der Waals surface area (Å²) in [6.45, 7) is 9.19. The van der Waals surface area contributed by atoms with Gasteiger partial charge in [-0.15, -0.1) is 24.0 Å². The van der Waals surface area contributed by atoms with Crippen molar-refractivity contribution in [3.05, 3.63) is 64.7 Å². The van der Waals surface area contributed by atoms with Crippen molar-refractivity contribution in [2.24, 2.45) is 10.9 Å². The number of nitrogens with one attached hydrogen (secondary N) is 2. The number of methoxy groups -OCH3 is 1. The number of aliphatic imine (C=N–C) groups is 1. The molecule has 0 aliphatic carbocycles. The highest BCUT2D eigenvalue weighted by molar-refractivity contribution is 14.0. The van der Waals surface area contributed by atoms with Crippen LogP contribution in [0.5, 0.6) is 5.75 Å². The molecule has 1 aliphatic heterocycles. The molecule has 1 atom stereocenters. The summed E-state index contributed by atoms with van der Waals surface area (Å²) in [5.41, 5.74) is 4.64. The SMILES string of the molecule is CCNC(=NCc1ccc(COC)cc1)NCc1ccc(C)cc1OCC1CCOC1.I. The fourth-order valence-electron chi connectivity index (χ4n) is 3.46. The number of guanidine groups is 1. The minimum Gasteiger partial charge on any atom is -0.493 e. The molecule has 7 heteroatoms. The number of ether oxygens (including phenoxy) is 3. The Balaban J connectivity index is 0.00000363. The molecule has 1 fully saturated rings. The van der Waals surface area contributed by atoms with Crippen LogP contribution in [0, 0.1) is 12.8 Å². The van der Waals surface area contributed by atoms with E-state index >= 15 is 0 Å². The molecule has 0 radical (unpaired) electrons. The second kappa shape index (κ2) is 14.3. The van der Waals surface area contributed by atoms with Gasteiger partial charge in [0.1, 0.15) is 5.75 Å². The lowest BCUT2D eigenvalue weighted by Crippen LogP contribution is -2.36. The molecule has 176 valence electrons. The highest BCUT2D eigenvalue weighted by Crippen LogP contribution is 2.22. The molecule has 0 bridgehead atoms. The summed E-state index contributed by atoms with van der Waals surface area (Å²) in [4.78, 5) is 4.74. The van der Waals surface area contributed by atoms with Crippen molar-refractivity contribution in [3.63, 3.8) is 0 Å². The van der Waals surface area contributed by atoms with E-state index in [4.69, 9.17) is 19.2 Å². The van der Waals surface area contributed by atoms with Crippen LogP contribution in [0.15, 0.2) is 47.5 Å².